The molecule has 2 atom stereocenters. The first-order valence-corrected chi connectivity index (χ1v) is 15.8. The van der Waals surface area contributed by atoms with Crippen LogP contribution in [0, 0.1) is 0 Å². The lowest BCUT2D eigenvalue weighted by Gasteiger charge is -2.34. The zero-order chi connectivity index (χ0) is 30.9. The zero-order valence-corrected chi connectivity index (χ0v) is 26.1. The first-order chi connectivity index (χ1) is 20.0. The Morgan fingerprint density at radius 3 is 2.14 bits per heavy atom. The minimum absolute atomic E-state index is 0.0605. The Bertz CT molecular complexity index is 1450. The van der Waals surface area contributed by atoms with E-state index in [1.807, 2.05) is 44.2 Å². The van der Waals surface area contributed by atoms with Crippen LogP contribution in [0.1, 0.15) is 31.4 Å². The van der Waals surface area contributed by atoms with Crippen molar-refractivity contribution in [2.75, 3.05) is 31.3 Å². The minimum atomic E-state index is -3.93. The number of sulfonamides is 1. The largest absolute Gasteiger partial charge is 0.493 e. The highest BCUT2D eigenvalue weighted by atomic mass is 35.5. The quantitative estimate of drug-likeness (QED) is 0.282. The van der Waals surface area contributed by atoms with Gasteiger partial charge in [-0.3, -0.25) is 13.9 Å². The lowest BCUT2D eigenvalue weighted by atomic mass is 10.0. The average molecular weight is 616 g/mol. The Morgan fingerprint density at radius 2 is 1.57 bits per heavy atom. The van der Waals surface area contributed by atoms with E-state index in [0.717, 1.165) is 21.7 Å². The van der Waals surface area contributed by atoms with Crippen molar-refractivity contribution in [1.82, 2.24) is 10.2 Å². The van der Waals surface area contributed by atoms with Crippen LogP contribution in [0.5, 0.6) is 11.5 Å². The van der Waals surface area contributed by atoms with Crippen LogP contribution in [-0.2, 0) is 32.6 Å². The predicted octanol–water partition coefficient (Wildman–Crippen LogP) is 4.68. The Kier molecular flexibility index (Phi) is 11.6. The fourth-order valence-corrected chi connectivity index (χ4v) is 5.34. The number of amides is 2. The van der Waals surface area contributed by atoms with E-state index in [1.165, 1.54) is 31.3 Å². The van der Waals surface area contributed by atoms with E-state index >= 15 is 0 Å². The van der Waals surface area contributed by atoms with Gasteiger partial charge in [0.25, 0.3) is 0 Å². The van der Waals surface area contributed by atoms with E-state index in [-0.39, 0.29) is 30.6 Å². The van der Waals surface area contributed by atoms with E-state index in [0.29, 0.717) is 22.9 Å². The van der Waals surface area contributed by atoms with E-state index < -0.39 is 28.5 Å². The van der Waals surface area contributed by atoms with Gasteiger partial charge in [0, 0.05) is 30.1 Å². The summed E-state index contributed by atoms with van der Waals surface area (Å²) in [6.07, 6.45) is 1.96. The number of hydrogen-bond acceptors (Lipinski definition) is 6. The summed E-state index contributed by atoms with van der Waals surface area (Å²) in [7, 11) is -1.01. The van der Waals surface area contributed by atoms with Crippen molar-refractivity contribution in [1.29, 1.82) is 0 Å². The summed E-state index contributed by atoms with van der Waals surface area (Å²) in [6, 6.07) is 19.9. The van der Waals surface area contributed by atoms with Crippen molar-refractivity contribution in [2.24, 2.45) is 0 Å². The first-order valence-electron chi connectivity index (χ1n) is 13.5. The molecule has 0 bridgehead atoms. The fourth-order valence-electron chi connectivity index (χ4n) is 4.38. The van der Waals surface area contributed by atoms with Gasteiger partial charge in [-0.05, 0) is 48.7 Å². The molecule has 1 N–H and O–H groups in total. The number of carbonyl (C=O) groups excluding carboxylic acids is 2. The molecule has 0 fully saturated rings. The molecule has 0 saturated heterocycles. The number of nitrogens with one attached hydrogen (secondary N) is 1. The third-order valence-corrected chi connectivity index (χ3v) is 8.27. The molecule has 3 aromatic carbocycles. The standard InChI is InChI=1S/C31H38ClN3O6S/c1-6-22(2)33-31(37)27(18-23-10-8-7-9-11-23)34(20-24-12-14-25(32)15-13-24)30(36)21-35(42(5,38)39)26-16-17-28(40-3)29(19-26)41-4/h7-17,19,22,27H,6,18,20-21H2,1-5H3,(H,33,37)/t22-,27+/m1/s1. The number of methoxy groups -OCH3 is 2. The Labute approximate surface area is 253 Å². The van der Waals surface area contributed by atoms with Crippen molar-refractivity contribution in [3.63, 3.8) is 0 Å². The summed E-state index contributed by atoms with van der Waals surface area (Å²) in [5, 5.41) is 3.54. The third-order valence-electron chi connectivity index (χ3n) is 6.87. The van der Waals surface area contributed by atoms with Gasteiger partial charge < -0.3 is 19.7 Å². The molecule has 0 aliphatic carbocycles. The number of rotatable bonds is 14. The van der Waals surface area contributed by atoms with Gasteiger partial charge in [-0.25, -0.2) is 8.42 Å². The summed E-state index contributed by atoms with van der Waals surface area (Å²) in [6.45, 7) is 3.38. The molecular weight excluding hydrogens is 578 g/mol. The maximum absolute atomic E-state index is 14.2. The minimum Gasteiger partial charge on any atom is -0.493 e. The molecule has 11 heteroatoms. The molecule has 0 aliphatic heterocycles. The number of benzene rings is 3. The summed E-state index contributed by atoms with van der Waals surface area (Å²) in [5.41, 5.74) is 1.81. The lowest BCUT2D eigenvalue weighted by Crippen LogP contribution is -2.54. The number of carbonyl (C=O) groups is 2. The second-order valence-electron chi connectivity index (χ2n) is 9.98. The van der Waals surface area contributed by atoms with Gasteiger partial charge in [0.2, 0.25) is 21.8 Å². The van der Waals surface area contributed by atoms with Gasteiger partial charge in [-0.15, -0.1) is 0 Å². The molecule has 0 radical (unpaired) electrons. The molecular formula is C31H38ClN3O6S. The van der Waals surface area contributed by atoms with Crippen LogP contribution in [0.3, 0.4) is 0 Å². The van der Waals surface area contributed by atoms with Crippen LogP contribution >= 0.6 is 11.6 Å². The maximum Gasteiger partial charge on any atom is 0.244 e. The van der Waals surface area contributed by atoms with Crippen LogP contribution in [0.15, 0.2) is 72.8 Å². The van der Waals surface area contributed by atoms with E-state index in [2.05, 4.69) is 5.32 Å². The molecule has 42 heavy (non-hydrogen) atoms. The van der Waals surface area contributed by atoms with E-state index in [4.69, 9.17) is 21.1 Å². The second kappa shape index (κ2) is 14.9. The Balaban J connectivity index is 2.07. The number of anilines is 1. The monoisotopic (exact) mass is 615 g/mol. The predicted molar refractivity (Wildman–Crippen MR) is 166 cm³/mol. The normalized spacial score (nSPS) is 12.6. The van der Waals surface area contributed by atoms with Gasteiger partial charge in [-0.2, -0.15) is 0 Å². The smallest absolute Gasteiger partial charge is 0.244 e. The molecule has 0 heterocycles. The number of hydrogen-bond donors (Lipinski definition) is 1. The summed E-state index contributed by atoms with van der Waals surface area (Å²) in [4.78, 5) is 29.3. The number of nitrogens with zero attached hydrogens (tertiary/aromatic N) is 2. The van der Waals surface area contributed by atoms with E-state index in [1.54, 1.807) is 30.3 Å². The molecule has 3 rings (SSSR count). The fraction of sp³-hybridized carbons (Fsp3) is 0.355. The Morgan fingerprint density at radius 1 is 0.929 bits per heavy atom. The van der Waals surface area contributed by atoms with Crippen LogP contribution in [0.25, 0.3) is 0 Å². The van der Waals surface area contributed by atoms with Crippen molar-refractivity contribution >= 4 is 39.1 Å². The lowest BCUT2D eigenvalue weighted by molar-refractivity contribution is -0.140. The highest BCUT2D eigenvalue weighted by Crippen LogP contribution is 2.32. The summed E-state index contributed by atoms with van der Waals surface area (Å²) in [5.74, 6) is -0.156. The Hall–Kier alpha value is -3.76. The van der Waals surface area contributed by atoms with Gasteiger partial charge in [0.15, 0.2) is 11.5 Å². The van der Waals surface area contributed by atoms with Crippen molar-refractivity contribution in [3.8, 4) is 11.5 Å². The van der Waals surface area contributed by atoms with Gasteiger partial charge >= 0.3 is 0 Å². The van der Waals surface area contributed by atoms with Gasteiger partial charge in [-0.1, -0.05) is 61.0 Å². The highest BCUT2D eigenvalue weighted by Gasteiger charge is 2.33. The number of halogens is 1. The second-order valence-corrected chi connectivity index (χ2v) is 12.3. The van der Waals surface area contributed by atoms with Crippen molar-refractivity contribution < 1.29 is 27.5 Å². The molecule has 3 aromatic rings. The molecule has 226 valence electrons. The zero-order valence-electron chi connectivity index (χ0n) is 24.5. The van der Waals surface area contributed by atoms with Crippen molar-refractivity contribution in [2.45, 2.75) is 45.3 Å². The summed E-state index contributed by atoms with van der Waals surface area (Å²) >= 11 is 6.10. The molecule has 2 amide bonds. The molecule has 0 saturated carbocycles. The summed E-state index contributed by atoms with van der Waals surface area (Å²) < 4.78 is 37.7. The maximum atomic E-state index is 14.2. The third kappa shape index (κ3) is 8.87. The highest BCUT2D eigenvalue weighted by molar-refractivity contribution is 7.92. The molecule has 9 nitrogen and oxygen atoms in total. The topological polar surface area (TPSA) is 105 Å². The van der Waals surface area contributed by atoms with Crippen LogP contribution in [0.2, 0.25) is 5.02 Å². The van der Waals surface area contributed by atoms with Crippen LogP contribution in [0.4, 0.5) is 5.69 Å². The molecule has 0 unspecified atom stereocenters. The van der Waals surface area contributed by atoms with Crippen molar-refractivity contribution in [3.05, 3.63) is 88.9 Å². The molecule has 0 aromatic heterocycles. The average Bonchev–Trinajstić information content (AvgIpc) is 2.97. The van der Waals surface area contributed by atoms with Crippen LogP contribution in [-0.4, -0.2) is 64.2 Å². The number of ether oxygens (including phenoxy) is 2. The van der Waals surface area contributed by atoms with Gasteiger partial charge in [0.05, 0.1) is 26.2 Å². The molecule has 0 aliphatic rings. The van der Waals surface area contributed by atoms with Crippen LogP contribution < -0.4 is 19.1 Å². The van der Waals surface area contributed by atoms with Gasteiger partial charge in [0.1, 0.15) is 12.6 Å². The van der Waals surface area contributed by atoms with E-state index in [9.17, 15) is 18.0 Å². The first kappa shape index (κ1) is 32.8. The molecule has 0 spiro atoms. The SMILES string of the molecule is CC[C@@H](C)NC(=O)[C@H](Cc1ccccc1)N(Cc1ccc(Cl)cc1)C(=O)CN(c1ccc(OC)c(OC)c1)S(C)(=O)=O.